The van der Waals surface area contributed by atoms with Crippen LogP contribution in [-0.4, -0.2) is 17.6 Å². The number of aromatic nitrogens is 1. The van der Waals surface area contributed by atoms with Crippen molar-refractivity contribution in [2.45, 2.75) is 19.8 Å². The average Bonchev–Trinajstić information content (AvgIpc) is 2.54. The fourth-order valence-electron chi connectivity index (χ4n) is 2.38. The summed E-state index contributed by atoms with van der Waals surface area (Å²) >= 11 is 1.48. The topological polar surface area (TPSA) is 56.3 Å². The number of fused-ring (bicyclic) bond motifs is 2. The number of pyridine rings is 1. The fraction of sp³-hybridized carbons (Fsp3) is 0.235. The third-order valence-electron chi connectivity index (χ3n) is 3.61. The molecule has 4 nitrogen and oxygen atoms in total. The summed E-state index contributed by atoms with van der Waals surface area (Å²) in [7, 11) is 0. The Balaban J connectivity index is 2.17. The molecule has 2 heterocycles. The van der Waals surface area contributed by atoms with Crippen molar-refractivity contribution >= 4 is 37.6 Å². The summed E-state index contributed by atoms with van der Waals surface area (Å²) in [4.78, 5) is 29.5. The molecule has 0 aliphatic rings. The molecular weight excluding hydrogens is 298 g/mol. The van der Waals surface area contributed by atoms with Crippen molar-refractivity contribution in [3.8, 4) is 0 Å². The maximum atomic E-state index is 12.6. The van der Waals surface area contributed by atoms with Crippen LogP contribution in [0.25, 0.3) is 20.3 Å². The highest BCUT2D eigenvalue weighted by Gasteiger charge is 2.17. The van der Waals surface area contributed by atoms with Gasteiger partial charge in [-0.2, -0.15) is 0 Å². The van der Waals surface area contributed by atoms with Crippen molar-refractivity contribution in [1.82, 2.24) is 4.98 Å². The number of hydrogen-bond donors (Lipinski definition) is 0. The highest BCUT2D eigenvalue weighted by atomic mass is 32.1. The van der Waals surface area contributed by atoms with Gasteiger partial charge in [0.15, 0.2) is 5.43 Å². The molecule has 1 unspecified atom stereocenters. The highest BCUT2D eigenvalue weighted by molar-refractivity contribution is 7.24. The minimum absolute atomic E-state index is 0.0465. The Labute approximate surface area is 131 Å². The summed E-state index contributed by atoms with van der Waals surface area (Å²) in [5, 5.41) is 1.24. The van der Waals surface area contributed by atoms with Gasteiger partial charge in [0.2, 0.25) is 0 Å². The minimum Gasteiger partial charge on any atom is -0.466 e. The molecule has 0 fully saturated rings. The number of carbonyl (C=O) groups excluding carboxylic acids is 1. The molecule has 0 bridgehead atoms. The van der Waals surface area contributed by atoms with Crippen LogP contribution < -0.4 is 5.43 Å². The van der Waals surface area contributed by atoms with E-state index in [2.05, 4.69) is 4.98 Å². The van der Waals surface area contributed by atoms with Crippen molar-refractivity contribution in [2.24, 2.45) is 0 Å². The Kier molecular flexibility index (Phi) is 3.90. The molecule has 0 aliphatic carbocycles. The van der Waals surface area contributed by atoms with Crippen molar-refractivity contribution in [3.63, 3.8) is 0 Å². The number of esters is 1. The van der Waals surface area contributed by atoms with E-state index < -0.39 is 5.92 Å². The first kappa shape index (κ1) is 14.7. The van der Waals surface area contributed by atoms with Crippen molar-refractivity contribution in [2.75, 3.05) is 6.61 Å². The third kappa shape index (κ3) is 2.48. The molecule has 0 amide bonds. The van der Waals surface area contributed by atoms with E-state index in [1.807, 2.05) is 12.1 Å². The fourth-order valence-corrected chi connectivity index (χ4v) is 3.37. The van der Waals surface area contributed by atoms with Gasteiger partial charge < -0.3 is 4.74 Å². The molecule has 2 aromatic heterocycles. The SMILES string of the molecule is CCOC(=O)C(C)c1ccc2sc3ncccc3c(=O)c2c1. The molecule has 0 N–H and O–H groups in total. The molecule has 5 heteroatoms. The van der Waals surface area contributed by atoms with Gasteiger partial charge in [-0.3, -0.25) is 9.59 Å². The zero-order valence-electron chi connectivity index (χ0n) is 12.3. The van der Waals surface area contributed by atoms with E-state index in [9.17, 15) is 9.59 Å². The Morgan fingerprint density at radius 1 is 1.32 bits per heavy atom. The smallest absolute Gasteiger partial charge is 0.313 e. The molecule has 22 heavy (non-hydrogen) atoms. The first-order valence-corrected chi connectivity index (χ1v) is 7.91. The second-order valence-corrected chi connectivity index (χ2v) is 6.05. The second-order valence-electron chi connectivity index (χ2n) is 5.02. The molecule has 0 radical (unpaired) electrons. The summed E-state index contributed by atoms with van der Waals surface area (Å²) < 4.78 is 5.92. The summed E-state index contributed by atoms with van der Waals surface area (Å²) in [5.41, 5.74) is 0.744. The van der Waals surface area contributed by atoms with Gasteiger partial charge in [-0.1, -0.05) is 6.07 Å². The van der Waals surface area contributed by atoms with Crippen LogP contribution in [0, 0.1) is 0 Å². The van der Waals surface area contributed by atoms with Crippen LogP contribution in [-0.2, 0) is 9.53 Å². The standard InChI is InChI=1S/C17H15NO3S/c1-3-21-17(20)10(2)11-6-7-14-13(9-11)15(19)12-5-4-8-18-16(12)22-14/h4-10H,3H2,1-2H3. The quantitative estimate of drug-likeness (QED) is 0.549. The molecule has 0 saturated heterocycles. The van der Waals surface area contributed by atoms with Crippen LogP contribution in [0.4, 0.5) is 0 Å². The van der Waals surface area contributed by atoms with Gasteiger partial charge in [-0.05, 0) is 43.7 Å². The predicted octanol–water partition coefficient (Wildman–Crippen LogP) is 3.48. The summed E-state index contributed by atoms with van der Waals surface area (Å²) in [5.74, 6) is -0.668. The van der Waals surface area contributed by atoms with Gasteiger partial charge >= 0.3 is 5.97 Å². The molecule has 0 aliphatic heterocycles. The van der Waals surface area contributed by atoms with E-state index in [1.54, 1.807) is 38.2 Å². The second kappa shape index (κ2) is 5.85. The van der Waals surface area contributed by atoms with Gasteiger partial charge in [0.05, 0.1) is 17.9 Å². The maximum Gasteiger partial charge on any atom is 0.313 e. The maximum absolute atomic E-state index is 12.6. The number of benzene rings is 1. The van der Waals surface area contributed by atoms with Crippen LogP contribution in [0.1, 0.15) is 25.3 Å². The van der Waals surface area contributed by atoms with Crippen LogP contribution in [0.5, 0.6) is 0 Å². The van der Waals surface area contributed by atoms with Gasteiger partial charge in [0.25, 0.3) is 0 Å². The molecular formula is C17H15NO3S. The third-order valence-corrected chi connectivity index (χ3v) is 4.71. The Morgan fingerprint density at radius 2 is 2.14 bits per heavy atom. The lowest BCUT2D eigenvalue weighted by molar-refractivity contribution is -0.144. The minimum atomic E-state index is -0.390. The van der Waals surface area contributed by atoms with Crippen LogP contribution >= 0.6 is 11.3 Å². The lowest BCUT2D eigenvalue weighted by Crippen LogP contribution is -2.13. The zero-order chi connectivity index (χ0) is 15.7. The molecule has 3 aromatic rings. The van der Waals surface area contributed by atoms with Crippen LogP contribution in [0.2, 0.25) is 0 Å². The predicted molar refractivity (Wildman–Crippen MR) is 88.4 cm³/mol. The summed E-state index contributed by atoms with van der Waals surface area (Å²) in [6.45, 7) is 3.92. The number of hydrogen-bond acceptors (Lipinski definition) is 5. The van der Waals surface area contributed by atoms with Gasteiger partial charge in [0, 0.05) is 16.3 Å². The van der Waals surface area contributed by atoms with Crippen molar-refractivity contribution < 1.29 is 9.53 Å². The number of rotatable bonds is 3. The van der Waals surface area contributed by atoms with Crippen molar-refractivity contribution in [1.29, 1.82) is 0 Å². The Bertz CT molecular complexity index is 917. The van der Waals surface area contributed by atoms with E-state index in [1.165, 1.54) is 11.3 Å². The van der Waals surface area contributed by atoms with Crippen LogP contribution in [0.3, 0.4) is 0 Å². The molecule has 1 atom stereocenters. The molecule has 3 rings (SSSR count). The number of carbonyl (C=O) groups is 1. The Hall–Kier alpha value is -2.27. The lowest BCUT2D eigenvalue weighted by atomic mass is 10.00. The van der Waals surface area contributed by atoms with Gasteiger partial charge in [-0.15, -0.1) is 11.3 Å². The zero-order valence-corrected chi connectivity index (χ0v) is 13.1. The molecule has 0 spiro atoms. The molecule has 0 saturated carbocycles. The van der Waals surface area contributed by atoms with E-state index in [0.29, 0.717) is 17.4 Å². The summed E-state index contributed by atoms with van der Waals surface area (Å²) in [6, 6.07) is 9.08. The first-order valence-electron chi connectivity index (χ1n) is 7.10. The van der Waals surface area contributed by atoms with Gasteiger partial charge in [0.1, 0.15) is 4.83 Å². The normalized spacial score (nSPS) is 12.5. The largest absolute Gasteiger partial charge is 0.466 e. The van der Waals surface area contributed by atoms with E-state index in [0.717, 1.165) is 15.1 Å². The van der Waals surface area contributed by atoms with Crippen LogP contribution in [0.15, 0.2) is 41.3 Å². The number of ether oxygens (including phenoxy) is 1. The van der Waals surface area contributed by atoms with Crippen molar-refractivity contribution in [3.05, 3.63) is 52.3 Å². The average molecular weight is 313 g/mol. The lowest BCUT2D eigenvalue weighted by Gasteiger charge is -2.11. The van der Waals surface area contributed by atoms with E-state index >= 15 is 0 Å². The molecule has 112 valence electrons. The Morgan fingerprint density at radius 3 is 2.91 bits per heavy atom. The molecule has 1 aromatic carbocycles. The monoisotopic (exact) mass is 313 g/mol. The van der Waals surface area contributed by atoms with E-state index in [-0.39, 0.29) is 11.4 Å². The van der Waals surface area contributed by atoms with E-state index in [4.69, 9.17) is 4.74 Å². The summed E-state index contributed by atoms with van der Waals surface area (Å²) in [6.07, 6.45) is 1.68. The van der Waals surface area contributed by atoms with Gasteiger partial charge in [-0.25, -0.2) is 4.98 Å². The first-order chi connectivity index (χ1) is 10.6. The number of nitrogens with zero attached hydrogens (tertiary/aromatic N) is 1. The highest BCUT2D eigenvalue weighted by Crippen LogP contribution is 2.26.